The number of thioether (sulfide) groups is 1. The van der Waals surface area contributed by atoms with Gasteiger partial charge >= 0.3 is 0 Å². The summed E-state index contributed by atoms with van der Waals surface area (Å²) in [5, 5.41) is 0.469. The van der Waals surface area contributed by atoms with Gasteiger partial charge in [0.15, 0.2) is 0 Å². The summed E-state index contributed by atoms with van der Waals surface area (Å²) in [6, 6.07) is 8.21. The van der Waals surface area contributed by atoms with E-state index in [2.05, 4.69) is 20.8 Å². The Hall–Kier alpha value is -1.00. The van der Waals surface area contributed by atoms with Gasteiger partial charge in [-0.05, 0) is 37.9 Å². The molecule has 1 aromatic rings. The van der Waals surface area contributed by atoms with Gasteiger partial charge in [0.1, 0.15) is 0 Å². The van der Waals surface area contributed by atoms with E-state index in [0.717, 1.165) is 23.4 Å². The zero-order chi connectivity index (χ0) is 14.7. The van der Waals surface area contributed by atoms with E-state index in [1.54, 1.807) is 11.8 Å². The first-order chi connectivity index (χ1) is 9.52. The van der Waals surface area contributed by atoms with E-state index in [1.807, 2.05) is 29.2 Å². The molecule has 1 saturated heterocycles. The summed E-state index contributed by atoms with van der Waals surface area (Å²) in [6.07, 6.45) is 1.02. The molecule has 2 N–H and O–H groups in total. The molecule has 0 aliphatic carbocycles. The minimum Gasteiger partial charge on any atom is -0.336 e. The number of nitrogens with zero attached hydrogens (tertiary/aromatic N) is 1. The Morgan fingerprint density at radius 2 is 2.15 bits per heavy atom. The van der Waals surface area contributed by atoms with Gasteiger partial charge in [0.05, 0.1) is 5.56 Å². The number of hydrogen-bond donors (Lipinski definition) is 1. The zero-order valence-corrected chi connectivity index (χ0v) is 13.3. The van der Waals surface area contributed by atoms with Crippen LogP contribution >= 0.6 is 11.8 Å². The third-order valence-electron chi connectivity index (χ3n) is 3.74. The van der Waals surface area contributed by atoms with Crippen molar-refractivity contribution in [2.24, 2.45) is 11.7 Å². The maximum atomic E-state index is 12.8. The third kappa shape index (κ3) is 3.36. The fourth-order valence-electron chi connectivity index (χ4n) is 2.75. The Labute approximate surface area is 125 Å². The second kappa shape index (κ2) is 6.64. The molecule has 0 aromatic heterocycles. The van der Waals surface area contributed by atoms with Gasteiger partial charge in [-0.3, -0.25) is 4.79 Å². The molecule has 1 fully saturated rings. The molecular formula is C16H24N2OS. The molecule has 0 radical (unpaired) electrons. The second-order valence-corrected chi connectivity index (χ2v) is 7.43. The highest BCUT2D eigenvalue weighted by Gasteiger charge is 2.32. The highest BCUT2D eigenvalue weighted by Crippen LogP contribution is 2.30. The minimum absolute atomic E-state index is 0.150. The summed E-state index contributed by atoms with van der Waals surface area (Å²) in [6.45, 7) is 7.86. The molecule has 1 aromatic carbocycles. The van der Waals surface area contributed by atoms with E-state index in [0.29, 0.717) is 17.7 Å². The van der Waals surface area contributed by atoms with Crippen molar-refractivity contribution < 1.29 is 4.79 Å². The first-order valence-corrected chi connectivity index (χ1v) is 8.17. The average Bonchev–Trinajstić information content (AvgIpc) is 2.79. The molecule has 3 nitrogen and oxygen atoms in total. The normalized spacial score (nSPS) is 22.6. The first kappa shape index (κ1) is 15.4. The first-order valence-electron chi connectivity index (χ1n) is 7.29. The SMILES string of the molecule is CC(C)Sc1ccccc1C(=O)N1CC(CN)CC1C. The van der Waals surface area contributed by atoms with Crippen LogP contribution in [0.1, 0.15) is 37.6 Å². The molecule has 2 unspecified atom stereocenters. The van der Waals surface area contributed by atoms with Crippen LogP contribution in [0.2, 0.25) is 0 Å². The van der Waals surface area contributed by atoms with E-state index in [4.69, 9.17) is 5.73 Å². The third-order valence-corrected chi connectivity index (χ3v) is 4.82. The number of carbonyl (C=O) groups excluding carboxylic acids is 1. The van der Waals surface area contributed by atoms with E-state index < -0.39 is 0 Å². The van der Waals surface area contributed by atoms with Crippen LogP contribution in [0.15, 0.2) is 29.2 Å². The molecule has 1 aliphatic heterocycles. The summed E-state index contributed by atoms with van der Waals surface area (Å²) in [5.41, 5.74) is 6.58. The number of nitrogens with two attached hydrogens (primary N) is 1. The van der Waals surface area contributed by atoms with Crippen LogP contribution in [0.3, 0.4) is 0 Å². The van der Waals surface area contributed by atoms with Crippen molar-refractivity contribution >= 4 is 17.7 Å². The lowest BCUT2D eigenvalue weighted by Crippen LogP contribution is -2.34. The van der Waals surface area contributed by atoms with Crippen molar-refractivity contribution in [2.45, 2.75) is 43.4 Å². The molecule has 20 heavy (non-hydrogen) atoms. The fraction of sp³-hybridized carbons (Fsp3) is 0.562. The number of amides is 1. The summed E-state index contributed by atoms with van der Waals surface area (Å²) >= 11 is 1.75. The Morgan fingerprint density at radius 3 is 2.75 bits per heavy atom. The smallest absolute Gasteiger partial charge is 0.255 e. The zero-order valence-electron chi connectivity index (χ0n) is 12.5. The maximum Gasteiger partial charge on any atom is 0.255 e. The van der Waals surface area contributed by atoms with E-state index >= 15 is 0 Å². The fourth-order valence-corrected chi connectivity index (χ4v) is 3.70. The topological polar surface area (TPSA) is 46.3 Å². The standard InChI is InChI=1S/C16H24N2OS/c1-11(2)20-15-7-5-4-6-14(15)16(19)18-10-13(9-17)8-12(18)3/h4-7,11-13H,8-10,17H2,1-3H3. The predicted octanol–water partition coefficient (Wildman–Crippen LogP) is 3.00. The van der Waals surface area contributed by atoms with Crippen molar-refractivity contribution in [2.75, 3.05) is 13.1 Å². The molecule has 0 spiro atoms. The van der Waals surface area contributed by atoms with Crippen LogP contribution in [0.25, 0.3) is 0 Å². The van der Waals surface area contributed by atoms with E-state index in [1.165, 1.54) is 0 Å². The number of hydrogen-bond acceptors (Lipinski definition) is 3. The van der Waals surface area contributed by atoms with Gasteiger partial charge in [-0.1, -0.05) is 26.0 Å². The van der Waals surface area contributed by atoms with Gasteiger partial charge in [-0.25, -0.2) is 0 Å². The van der Waals surface area contributed by atoms with E-state index in [9.17, 15) is 4.79 Å². The Balaban J connectivity index is 2.21. The quantitative estimate of drug-likeness (QED) is 0.868. The van der Waals surface area contributed by atoms with Gasteiger partial charge in [0.2, 0.25) is 0 Å². The van der Waals surface area contributed by atoms with Gasteiger partial charge in [-0.15, -0.1) is 11.8 Å². The molecule has 4 heteroatoms. The number of likely N-dealkylation sites (tertiary alicyclic amines) is 1. The Kier molecular flexibility index (Phi) is 5.11. The molecule has 1 amide bonds. The van der Waals surface area contributed by atoms with Gasteiger partial charge < -0.3 is 10.6 Å². The predicted molar refractivity (Wildman–Crippen MR) is 85.1 cm³/mol. The summed E-state index contributed by atoms with van der Waals surface area (Å²) in [4.78, 5) is 15.9. The van der Waals surface area contributed by atoms with Crippen LogP contribution in [-0.4, -0.2) is 35.2 Å². The molecule has 0 saturated carbocycles. The lowest BCUT2D eigenvalue weighted by Gasteiger charge is -2.23. The molecular weight excluding hydrogens is 268 g/mol. The Bertz CT molecular complexity index is 475. The minimum atomic E-state index is 0.150. The lowest BCUT2D eigenvalue weighted by atomic mass is 10.1. The summed E-state index contributed by atoms with van der Waals surface area (Å²) < 4.78 is 0. The van der Waals surface area contributed by atoms with Gasteiger partial charge in [-0.2, -0.15) is 0 Å². The monoisotopic (exact) mass is 292 g/mol. The van der Waals surface area contributed by atoms with E-state index in [-0.39, 0.29) is 11.9 Å². The van der Waals surface area contributed by atoms with Crippen molar-refractivity contribution in [3.63, 3.8) is 0 Å². The van der Waals surface area contributed by atoms with Crippen LogP contribution < -0.4 is 5.73 Å². The molecule has 2 rings (SSSR count). The van der Waals surface area contributed by atoms with Crippen LogP contribution in [0, 0.1) is 5.92 Å². The van der Waals surface area contributed by atoms with Crippen LogP contribution in [-0.2, 0) is 0 Å². The van der Waals surface area contributed by atoms with Crippen molar-refractivity contribution in [3.8, 4) is 0 Å². The highest BCUT2D eigenvalue weighted by molar-refractivity contribution is 8.00. The number of carbonyl (C=O) groups is 1. The largest absolute Gasteiger partial charge is 0.336 e. The maximum absolute atomic E-state index is 12.8. The van der Waals surface area contributed by atoms with Crippen molar-refractivity contribution in [1.29, 1.82) is 0 Å². The van der Waals surface area contributed by atoms with Crippen LogP contribution in [0.4, 0.5) is 0 Å². The van der Waals surface area contributed by atoms with Crippen molar-refractivity contribution in [1.82, 2.24) is 4.90 Å². The van der Waals surface area contributed by atoms with Crippen molar-refractivity contribution in [3.05, 3.63) is 29.8 Å². The summed E-state index contributed by atoms with van der Waals surface area (Å²) in [7, 11) is 0. The second-order valence-electron chi connectivity index (χ2n) is 5.81. The molecule has 1 aliphatic rings. The number of rotatable bonds is 4. The molecule has 1 heterocycles. The average molecular weight is 292 g/mol. The number of benzene rings is 1. The van der Waals surface area contributed by atoms with Crippen LogP contribution in [0.5, 0.6) is 0 Å². The highest BCUT2D eigenvalue weighted by atomic mass is 32.2. The van der Waals surface area contributed by atoms with Gasteiger partial charge in [0.25, 0.3) is 5.91 Å². The lowest BCUT2D eigenvalue weighted by molar-refractivity contribution is 0.0740. The molecule has 110 valence electrons. The van der Waals surface area contributed by atoms with Gasteiger partial charge in [0, 0.05) is 22.7 Å². The molecule has 0 bridgehead atoms. The Morgan fingerprint density at radius 1 is 1.45 bits per heavy atom. The molecule has 2 atom stereocenters. The summed E-state index contributed by atoms with van der Waals surface area (Å²) in [5.74, 6) is 0.594.